The van der Waals surface area contributed by atoms with Gasteiger partial charge in [-0.3, -0.25) is 53.7 Å². The Morgan fingerprint density at radius 1 is 0.756 bits per heavy atom. The normalized spacial score (nSPS) is 18.6. The van der Waals surface area contributed by atoms with Gasteiger partial charge < -0.3 is 44.6 Å². The van der Waals surface area contributed by atoms with Crippen molar-refractivity contribution < 1.29 is 67.2 Å². The summed E-state index contributed by atoms with van der Waals surface area (Å²) < 4.78 is 23.8. The van der Waals surface area contributed by atoms with Gasteiger partial charge in [-0.05, 0) is 101 Å². The summed E-state index contributed by atoms with van der Waals surface area (Å²) in [5.74, 6) is -3.82. The van der Waals surface area contributed by atoms with E-state index in [0.29, 0.717) is 54.1 Å². The first kappa shape index (κ1) is 59.4. The zero-order valence-corrected chi connectivity index (χ0v) is 46.7. The Morgan fingerprint density at radius 3 is 2.12 bits per heavy atom. The number of aliphatic hydroxyl groups excluding tert-OH is 1. The number of nitrogens with zero attached hydrogens (tertiary/aromatic N) is 5. The first-order valence-corrected chi connectivity index (χ1v) is 27.1. The SMILES string of the molecule is COc1cc2c(cc1OCCCCCOc1cc3c(cc1C)C(=O)N1C=C(C)C[C@H]1C=N3)N(C(=O)OCc1ccc(NNC(C)C(=O)C(=O)[C@@H](NNC(=O)CNC(=O)CCN3C(=O)C=CC3=O)C(C)C)cc1)[C@@H](O)[C@@H]1CC(C)=CN1C2=O. The van der Waals surface area contributed by atoms with Crippen LogP contribution in [0.15, 0.2) is 89.2 Å². The van der Waals surface area contributed by atoms with E-state index in [1.807, 2.05) is 45.3 Å². The molecule has 0 aliphatic carbocycles. The maximum Gasteiger partial charge on any atom is 0.416 e. The van der Waals surface area contributed by atoms with Crippen LogP contribution in [0.1, 0.15) is 105 Å². The number of fused-ring (bicyclic) bond motifs is 4. The fraction of sp³-hybridized carbons (Fsp3) is 0.414. The second kappa shape index (κ2) is 26.2. The summed E-state index contributed by atoms with van der Waals surface area (Å²) in [4.78, 5) is 126. The smallest absolute Gasteiger partial charge is 0.416 e. The lowest BCUT2D eigenvalue weighted by atomic mass is 9.95. The monoisotopic (exact) mass is 1130 g/mol. The highest BCUT2D eigenvalue weighted by molar-refractivity contribution is 6.41. The van der Waals surface area contributed by atoms with Crippen molar-refractivity contribution in [1.29, 1.82) is 0 Å². The lowest BCUT2D eigenvalue weighted by molar-refractivity contribution is -0.140. The maximum atomic E-state index is 14.2. The Kier molecular flexibility index (Phi) is 19.0. The van der Waals surface area contributed by atoms with Crippen LogP contribution in [-0.4, -0.2) is 143 Å². The molecule has 6 N–H and O–H groups in total. The van der Waals surface area contributed by atoms with Crippen LogP contribution in [0, 0.1) is 12.8 Å². The van der Waals surface area contributed by atoms with Crippen molar-refractivity contribution in [3.05, 3.63) is 106 Å². The Hall–Kier alpha value is -8.74. The van der Waals surface area contributed by atoms with E-state index in [-0.39, 0.29) is 60.9 Å². The number of carbonyl (C=O) groups excluding carboxylic acids is 9. The number of hydrogen-bond donors (Lipinski definition) is 6. The summed E-state index contributed by atoms with van der Waals surface area (Å²) >= 11 is 0. The van der Waals surface area contributed by atoms with Crippen LogP contribution in [0.25, 0.3) is 0 Å². The highest BCUT2D eigenvalue weighted by Crippen LogP contribution is 2.42. The van der Waals surface area contributed by atoms with Gasteiger partial charge in [0.2, 0.25) is 17.5 Å². The summed E-state index contributed by atoms with van der Waals surface area (Å²) in [7, 11) is 1.44. The van der Waals surface area contributed by atoms with Gasteiger partial charge in [0.15, 0.2) is 17.7 Å². The van der Waals surface area contributed by atoms with Gasteiger partial charge in [0.25, 0.3) is 29.5 Å². The quantitative estimate of drug-likeness (QED) is 0.0293. The number of unbranched alkanes of at least 4 members (excludes halogenated alkanes) is 2. The first-order chi connectivity index (χ1) is 39.2. The Morgan fingerprint density at radius 2 is 1.43 bits per heavy atom. The van der Waals surface area contributed by atoms with Crippen molar-refractivity contribution in [3.63, 3.8) is 0 Å². The molecule has 24 nitrogen and oxygen atoms in total. The number of hydrogen-bond acceptors (Lipinski definition) is 18. The molecule has 5 atom stereocenters. The van der Waals surface area contributed by atoms with Gasteiger partial charge >= 0.3 is 6.09 Å². The summed E-state index contributed by atoms with van der Waals surface area (Å²) in [6.07, 6.45) is 7.99. The van der Waals surface area contributed by atoms with Crippen molar-refractivity contribution in [2.75, 3.05) is 43.7 Å². The minimum absolute atomic E-state index is 0.0685. The molecule has 8 rings (SSSR count). The number of anilines is 2. The van der Waals surface area contributed by atoms with Crippen molar-refractivity contribution >= 4 is 76.4 Å². The first-order valence-electron chi connectivity index (χ1n) is 27.1. The van der Waals surface area contributed by atoms with Gasteiger partial charge in [0, 0.05) is 61.6 Å². The van der Waals surface area contributed by atoms with E-state index in [4.69, 9.17) is 18.9 Å². The lowest BCUT2D eigenvalue weighted by Gasteiger charge is -2.31. The van der Waals surface area contributed by atoms with E-state index >= 15 is 0 Å². The van der Waals surface area contributed by atoms with Gasteiger partial charge in [-0.15, -0.1) is 0 Å². The number of rotatable bonds is 25. The molecule has 0 aromatic heterocycles. The van der Waals surface area contributed by atoms with Crippen LogP contribution in [0.3, 0.4) is 0 Å². The average Bonchev–Trinajstić information content (AvgIpc) is 2.99. The third kappa shape index (κ3) is 13.7. The van der Waals surface area contributed by atoms with Gasteiger partial charge in [-0.2, -0.15) is 0 Å². The number of methoxy groups -OCH3 is 1. The van der Waals surface area contributed by atoms with Gasteiger partial charge in [0.1, 0.15) is 12.4 Å². The number of aliphatic hydroxyl groups is 1. The topological polar surface area (TPSA) is 296 Å². The highest BCUT2D eigenvalue weighted by Gasteiger charge is 2.45. The molecular formula is C58H68N10O14. The second-order valence-electron chi connectivity index (χ2n) is 21.0. The van der Waals surface area contributed by atoms with Gasteiger partial charge in [-0.25, -0.2) is 20.5 Å². The zero-order valence-electron chi connectivity index (χ0n) is 46.7. The van der Waals surface area contributed by atoms with Crippen LogP contribution in [0.4, 0.5) is 21.9 Å². The molecule has 434 valence electrons. The molecule has 82 heavy (non-hydrogen) atoms. The standard InChI is InChI=1S/C58H68N10O14/c1-32(2)52(64-63-49(70)28-60-48(69)17-18-65-50(71)15-16-51(65)72)54(74)53(73)36(6)61-62-38-13-11-37(12-14-38)31-82-58(78)68-43-26-47(46(79-7)24-41(43)56(76)67-30-34(4)22-44(67)57(68)77)81-20-10-8-9-19-80-45-25-42-40(23-35(45)5)55(75)66-29-33(3)21-39(66)27-59-42/h11-16,23-27,29-30,32,36,39,44,52,57,61-62,64,77H,8-10,17-22,28,31H2,1-7H3,(H,60,69)(H,63,70)/t36?,39-,44-,52-,57-/m0/s1. The molecule has 0 fully saturated rings. The molecule has 7 amide bonds. The van der Waals surface area contributed by atoms with E-state index in [1.54, 1.807) is 49.2 Å². The number of aryl methyl sites for hydroxylation is 1. The summed E-state index contributed by atoms with van der Waals surface area (Å²) in [5, 5.41) is 14.3. The molecule has 24 heteroatoms. The minimum Gasteiger partial charge on any atom is -0.493 e. The zero-order chi connectivity index (χ0) is 58.9. The molecule has 5 aliphatic rings. The van der Waals surface area contributed by atoms with Crippen LogP contribution >= 0.6 is 0 Å². The van der Waals surface area contributed by atoms with E-state index in [0.717, 1.165) is 51.5 Å². The molecule has 5 aliphatic heterocycles. The third-order valence-corrected chi connectivity index (χ3v) is 14.4. The molecule has 0 radical (unpaired) electrons. The number of benzene rings is 3. The second-order valence-corrected chi connectivity index (χ2v) is 21.0. The van der Waals surface area contributed by atoms with Crippen LogP contribution < -0.4 is 46.1 Å². The molecule has 0 saturated carbocycles. The summed E-state index contributed by atoms with van der Waals surface area (Å²) in [6, 6.07) is 10.2. The van der Waals surface area contributed by atoms with E-state index in [1.165, 1.54) is 31.1 Å². The average molecular weight is 1130 g/mol. The predicted molar refractivity (Wildman–Crippen MR) is 299 cm³/mol. The number of hydrazine groups is 2. The van der Waals surface area contributed by atoms with Crippen molar-refractivity contribution in [2.45, 2.75) is 117 Å². The lowest BCUT2D eigenvalue weighted by Crippen LogP contribution is -2.56. The fourth-order valence-corrected chi connectivity index (χ4v) is 9.83. The summed E-state index contributed by atoms with van der Waals surface area (Å²) in [5.41, 5.74) is 15.7. The minimum atomic E-state index is -1.51. The molecule has 3 aromatic carbocycles. The number of aliphatic imine (C=N–C) groups is 1. The number of imide groups is 1. The Bertz CT molecular complexity index is 3140. The number of amides is 7. The summed E-state index contributed by atoms with van der Waals surface area (Å²) in [6.45, 7) is 10.4. The van der Waals surface area contributed by atoms with E-state index < -0.39 is 84.0 Å². The highest BCUT2D eigenvalue weighted by atomic mass is 16.6. The number of ketones is 2. The van der Waals surface area contributed by atoms with Gasteiger partial charge in [0.05, 0.1) is 73.5 Å². The van der Waals surface area contributed by atoms with Crippen LogP contribution in [0.5, 0.6) is 17.2 Å². The van der Waals surface area contributed by atoms with Crippen molar-refractivity contribution in [2.24, 2.45) is 10.9 Å². The Labute approximate surface area is 473 Å². The van der Waals surface area contributed by atoms with Crippen molar-refractivity contribution in [3.8, 4) is 17.2 Å². The van der Waals surface area contributed by atoms with E-state index in [2.05, 4.69) is 32.0 Å². The van der Waals surface area contributed by atoms with Gasteiger partial charge in [-0.1, -0.05) is 37.1 Å². The molecule has 0 saturated heterocycles. The molecule has 5 heterocycles. The number of carbonyl (C=O) groups is 9. The van der Waals surface area contributed by atoms with Crippen LogP contribution in [-0.2, 0) is 40.1 Å². The molecular weight excluding hydrogens is 1060 g/mol. The molecule has 3 aromatic rings. The van der Waals surface area contributed by atoms with E-state index in [9.17, 15) is 48.3 Å². The Balaban J connectivity index is 0.816. The number of ether oxygens (including phenoxy) is 4. The maximum absolute atomic E-state index is 14.2. The fourth-order valence-electron chi connectivity index (χ4n) is 9.83. The largest absolute Gasteiger partial charge is 0.493 e. The predicted octanol–water partition coefficient (Wildman–Crippen LogP) is 4.58. The molecule has 0 spiro atoms. The number of nitrogens with one attached hydrogen (secondary N) is 5. The molecule has 0 bridgehead atoms. The third-order valence-electron chi connectivity index (χ3n) is 14.4. The molecule has 1 unspecified atom stereocenters. The van der Waals surface area contributed by atoms with Crippen molar-refractivity contribution in [1.82, 2.24) is 36.3 Å². The number of Topliss-reactive ketones (excluding diaryl/α,β-unsaturated/α-hetero) is 2. The van der Waals surface area contributed by atoms with Crippen LogP contribution in [0.2, 0.25) is 0 Å².